The van der Waals surface area contributed by atoms with Crippen molar-refractivity contribution in [2.24, 2.45) is 5.92 Å². The largest absolute Gasteiger partial charge is 0.316 e. The fraction of sp³-hybridized carbons (Fsp3) is 0.500. The monoisotopic (exact) mass is 420 g/mol. The summed E-state index contributed by atoms with van der Waals surface area (Å²) >= 11 is 8.86. The average molecular weight is 422 g/mol. The SMILES string of the molecule is Cl.O=S(=O)(NCCC1CCNC1)c1c(Cl)cc(F)cc1Br. The number of halogens is 4. The number of benzene rings is 1. The Morgan fingerprint density at radius 2 is 2.19 bits per heavy atom. The van der Waals surface area contributed by atoms with E-state index in [9.17, 15) is 12.8 Å². The van der Waals surface area contributed by atoms with Crippen molar-refractivity contribution in [2.75, 3.05) is 19.6 Å². The smallest absolute Gasteiger partial charge is 0.243 e. The summed E-state index contributed by atoms with van der Waals surface area (Å²) in [4.78, 5) is -0.120. The Bertz CT molecular complexity index is 572. The maximum atomic E-state index is 13.1. The fourth-order valence-corrected chi connectivity index (χ4v) is 5.07. The molecule has 0 radical (unpaired) electrons. The van der Waals surface area contributed by atoms with E-state index in [0.717, 1.165) is 38.1 Å². The van der Waals surface area contributed by atoms with Crippen molar-refractivity contribution in [3.05, 3.63) is 27.4 Å². The summed E-state index contributed by atoms with van der Waals surface area (Å²) in [6, 6.07) is 2.07. The van der Waals surface area contributed by atoms with Crippen molar-refractivity contribution in [1.82, 2.24) is 10.0 Å². The van der Waals surface area contributed by atoms with Gasteiger partial charge in [0.2, 0.25) is 10.0 Å². The Kier molecular flexibility index (Phi) is 7.36. The average Bonchev–Trinajstić information content (AvgIpc) is 2.79. The Morgan fingerprint density at radius 3 is 2.76 bits per heavy atom. The van der Waals surface area contributed by atoms with E-state index in [1.807, 2.05) is 0 Å². The van der Waals surface area contributed by atoms with Crippen LogP contribution in [0.5, 0.6) is 0 Å². The highest BCUT2D eigenvalue weighted by Crippen LogP contribution is 2.30. The summed E-state index contributed by atoms with van der Waals surface area (Å²) in [5.41, 5.74) is 0. The van der Waals surface area contributed by atoms with Gasteiger partial charge in [0.05, 0.1) is 5.02 Å². The van der Waals surface area contributed by atoms with Gasteiger partial charge in [0.15, 0.2) is 0 Å². The lowest BCUT2D eigenvalue weighted by molar-refractivity contribution is 0.519. The van der Waals surface area contributed by atoms with Crippen LogP contribution >= 0.6 is 39.9 Å². The molecule has 21 heavy (non-hydrogen) atoms. The van der Waals surface area contributed by atoms with Gasteiger partial charge in [-0.25, -0.2) is 17.5 Å². The molecule has 0 spiro atoms. The van der Waals surface area contributed by atoms with Gasteiger partial charge in [-0.15, -0.1) is 12.4 Å². The molecule has 1 aliphatic heterocycles. The predicted molar refractivity (Wildman–Crippen MR) is 87.1 cm³/mol. The second kappa shape index (κ2) is 8.08. The quantitative estimate of drug-likeness (QED) is 0.768. The zero-order valence-electron chi connectivity index (χ0n) is 11.0. The number of rotatable bonds is 5. The molecule has 1 aromatic carbocycles. The molecule has 0 saturated carbocycles. The highest BCUT2D eigenvalue weighted by molar-refractivity contribution is 9.10. The molecule has 1 fully saturated rings. The molecule has 1 aromatic rings. The molecule has 0 aromatic heterocycles. The van der Waals surface area contributed by atoms with Crippen molar-refractivity contribution >= 4 is 50.0 Å². The molecule has 2 N–H and O–H groups in total. The first kappa shape index (κ1) is 19.1. The summed E-state index contributed by atoms with van der Waals surface area (Å²) in [5.74, 6) is -0.0947. The number of hydrogen-bond donors (Lipinski definition) is 2. The lowest BCUT2D eigenvalue weighted by Crippen LogP contribution is -2.27. The minimum Gasteiger partial charge on any atom is -0.316 e. The van der Waals surface area contributed by atoms with Gasteiger partial charge in [0.1, 0.15) is 10.7 Å². The number of sulfonamides is 1. The summed E-state index contributed by atoms with van der Waals surface area (Å²) in [5, 5.41) is 3.10. The normalized spacial score (nSPS) is 18.5. The second-order valence-corrected chi connectivity index (χ2v) is 7.71. The molecule has 2 rings (SSSR count). The van der Waals surface area contributed by atoms with Gasteiger partial charge >= 0.3 is 0 Å². The molecule has 1 saturated heterocycles. The predicted octanol–water partition coefficient (Wildman–Crippen LogP) is 2.94. The van der Waals surface area contributed by atoms with Crippen LogP contribution in [0.3, 0.4) is 0 Å². The van der Waals surface area contributed by atoms with Gasteiger partial charge in [-0.3, -0.25) is 0 Å². The van der Waals surface area contributed by atoms with Gasteiger partial charge in [0, 0.05) is 11.0 Å². The third-order valence-electron chi connectivity index (χ3n) is 3.24. The van der Waals surface area contributed by atoms with Gasteiger partial charge in [-0.2, -0.15) is 0 Å². The van der Waals surface area contributed by atoms with Crippen LogP contribution in [0, 0.1) is 11.7 Å². The number of nitrogens with one attached hydrogen (secondary N) is 2. The van der Waals surface area contributed by atoms with E-state index >= 15 is 0 Å². The third kappa shape index (κ3) is 5.04. The summed E-state index contributed by atoms with van der Waals surface area (Å²) in [6.07, 6.45) is 1.82. The first-order valence-corrected chi connectivity index (χ1v) is 8.90. The minimum absolute atomic E-state index is 0. The van der Waals surface area contributed by atoms with Crippen LogP contribution in [0.1, 0.15) is 12.8 Å². The van der Waals surface area contributed by atoms with E-state index in [1.165, 1.54) is 0 Å². The van der Waals surface area contributed by atoms with Crippen LogP contribution < -0.4 is 10.0 Å². The van der Waals surface area contributed by atoms with E-state index < -0.39 is 15.8 Å². The maximum absolute atomic E-state index is 13.1. The van der Waals surface area contributed by atoms with E-state index in [4.69, 9.17) is 11.6 Å². The van der Waals surface area contributed by atoms with Crippen LogP contribution in [0.25, 0.3) is 0 Å². The molecular weight excluding hydrogens is 406 g/mol. The number of hydrogen-bond acceptors (Lipinski definition) is 3. The Labute approximate surface area is 143 Å². The van der Waals surface area contributed by atoms with Crippen LogP contribution in [0.4, 0.5) is 4.39 Å². The Hall–Kier alpha value is 0.0800. The minimum atomic E-state index is -3.75. The van der Waals surface area contributed by atoms with Crippen molar-refractivity contribution < 1.29 is 12.8 Å². The standard InChI is InChI=1S/C12H15BrClFN2O2S.ClH/c13-10-5-9(15)6-11(14)12(10)20(18,19)17-4-2-8-1-3-16-7-8;/h5-6,8,16-17H,1-4,7H2;1H. The maximum Gasteiger partial charge on any atom is 0.243 e. The van der Waals surface area contributed by atoms with Gasteiger partial charge in [-0.05, 0) is 59.9 Å². The van der Waals surface area contributed by atoms with E-state index in [0.29, 0.717) is 12.5 Å². The van der Waals surface area contributed by atoms with Crippen LogP contribution in [0.15, 0.2) is 21.5 Å². The Balaban J connectivity index is 0.00000220. The van der Waals surface area contributed by atoms with Gasteiger partial charge in [0.25, 0.3) is 0 Å². The van der Waals surface area contributed by atoms with Crippen molar-refractivity contribution in [1.29, 1.82) is 0 Å². The lowest BCUT2D eigenvalue weighted by atomic mass is 10.1. The molecule has 1 heterocycles. The van der Waals surface area contributed by atoms with E-state index in [1.54, 1.807) is 0 Å². The van der Waals surface area contributed by atoms with E-state index in [-0.39, 0.29) is 26.8 Å². The molecular formula is C12H16BrCl2FN2O2S. The molecule has 1 unspecified atom stereocenters. The summed E-state index contributed by atoms with van der Waals surface area (Å²) in [6.45, 7) is 2.24. The molecule has 1 aliphatic rings. The van der Waals surface area contributed by atoms with Crippen molar-refractivity contribution in [3.8, 4) is 0 Å². The zero-order chi connectivity index (χ0) is 14.8. The molecule has 4 nitrogen and oxygen atoms in total. The topological polar surface area (TPSA) is 58.2 Å². The molecule has 1 atom stereocenters. The molecule has 0 amide bonds. The van der Waals surface area contributed by atoms with Crippen molar-refractivity contribution in [3.63, 3.8) is 0 Å². The second-order valence-electron chi connectivity index (χ2n) is 4.74. The third-order valence-corrected chi connectivity index (χ3v) is 6.10. The van der Waals surface area contributed by atoms with Crippen molar-refractivity contribution in [2.45, 2.75) is 17.7 Å². The lowest BCUT2D eigenvalue weighted by Gasteiger charge is -2.12. The zero-order valence-corrected chi connectivity index (χ0v) is 15.0. The molecule has 0 bridgehead atoms. The van der Waals surface area contributed by atoms with Gasteiger partial charge < -0.3 is 5.32 Å². The van der Waals surface area contributed by atoms with E-state index in [2.05, 4.69) is 26.0 Å². The van der Waals surface area contributed by atoms with Gasteiger partial charge in [-0.1, -0.05) is 11.6 Å². The van der Waals surface area contributed by atoms with Crippen LogP contribution in [0.2, 0.25) is 5.02 Å². The first-order valence-electron chi connectivity index (χ1n) is 6.25. The fourth-order valence-electron chi connectivity index (χ4n) is 2.22. The molecule has 9 heteroatoms. The van der Waals surface area contributed by atoms with Crippen LogP contribution in [-0.2, 0) is 10.0 Å². The first-order chi connectivity index (χ1) is 9.40. The molecule has 0 aliphatic carbocycles. The highest BCUT2D eigenvalue weighted by atomic mass is 79.9. The highest BCUT2D eigenvalue weighted by Gasteiger charge is 2.23. The van der Waals surface area contributed by atoms with Crippen LogP contribution in [-0.4, -0.2) is 28.1 Å². The summed E-state index contributed by atoms with van der Waals surface area (Å²) < 4.78 is 40.1. The molecule has 120 valence electrons. The summed E-state index contributed by atoms with van der Waals surface area (Å²) in [7, 11) is -3.75. The Morgan fingerprint density at radius 1 is 1.48 bits per heavy atom.